The number of nitrogens with two attached hydrogens (primary N) is 1. The fourth-order valence-electron chi connectivity index (χ4n) is 1.43. The topological polar surface area (TPSA) is 50.9 Å². The van der Waals surface area contributed by atoms with Crippen molar-refractivity contribution in [1.29, 1.82) is 0 Å². The molecule has 0 atom stereocenters. The second-order valence-corrected chi connectivity index (χ2v) is 5.09. The van der Waals surface area contributed by atoms with Crippen LogP contribution in [0.15, 0.2) is 5.38 Å². The summed E-state index contributed by atoms with van der Waals surface area (Å²) in [7, 11) is 0. The van der Waals surface area contributed by atoms with Gasteiger partial charge in [-0.3, -0.25) is 0 Å². The predicted molar refractivity (Wildman–Crippen MR) is 66.1 cm³/mol. The number of aryl methyl sites for hydroxylation is 1. The van der Waals surface area contributed by atoms with Crippen molar-refractivity contribution in [2.24, 2.45) is 5.73 Å². The highest BCUT2D eigenvalue weighted by Gasteiger charge is 2.19. The van der Waals surface area contributed by atoms with Crippen LogP contribution in [0, 0.1) is 6.92 Å². The SMILES string of the molecule is CCC(N)(CC)CNCc1csc(C)n1. The summed E-state index contributed by atoms with van der Waals surface area (Å²) in [5.74, 6) is 0. The lowest BCUT2D eigenvalue weighted by Gasteiger charge is -2.26. The molecule has 4 heteroatoms. The molecular weight excluding hydrogens is 206 g/mol. The molecule has 3 nitrogen and oxygen atoms in total. The summed E-state index contributed by atoms with van der Waals surface area (Å²) in [6.07, 6.45) is 2.01. The van der Waals surface area contributed by atoms with Gasteiger partial charge >= 0.3 is 0 Å². The van der Waals surface area contributed by atoms with Gasteiger partial charge in [0.1, 0.15) is 0 Å². The largest absolute Gasteiger partial charge is 0.324 e. The molecule has 1 rings (SSSR count). The van der Waals surface area contributed by atoms with Gasteiger partial charge in [0.25, 0.3) is 0 Å². The minimum Gasteiger partial charge on any atom is -0.324 e. The first-order valence-corrected chi connectivity index (χ1v) is 6.38. The summed E-state index contributed by atoms with van der Waals surface area (Å²) in [6.45, 7) is 7.98. The Balaban J connectivity index is 2.32. The van der Waals surface area contributed by atoms with E-state index < -0.39 is 0 Å². The first-order valence-electron chi connectivity index (χ1n) is 5.50. The molecule has 0 aromatic carbocycles. The van der Waals surface area contributed by atoms with Crippen molar-refractivity contribution in [3.8, 4) is 0 Å². The van der Waals surface area contributed by atoms with E-state index in [1.807, 2.05) is 6.92 Å². The molecule has 15 heavy (non-hydrogen) atoms. The van der Waals surface area contributed by atoms with Crippen molar-refractivity contribution in [3.63, 3.8) is 0 Å². The van der Waals surface area contributed by atoms with Crippen LogP contribution in [0.4, 0.5) is 0 Å². The molecule has 0 bridgehead atoms. The standard InChI is InChI=1S/C11H21N3S/c1-4-11(12,5-2)8-13-6-10-7-15-9(3)14-10/h7,13H,4-6,8,12H2,1-3H3. The maximum atomic E-state index is 6.19. The van der Waals surface area contributed by atoms with E-state index in [2.05, 4.69) is 29.5 Å². The Morgan fingerprint density at radius 2 is 2.13 bits per heavy atom. The molecule has 0 aliphatic heterocycles. The van der Waals surface area contributed by atoms with Crippen LogP contribution in [0.2, 0.25) is 0 Å². The molecule has 0 aliphatic rings. The number of nitrogens with one attached hydrogen (secondary N) is 1. The number of rotatable bonds is 6. The van der Waals surface area contributed by atoms with Gasteiger partial charge in [-0.2, -0.15) is 0 Å². The first-order chi connectivity index (χ1) is 7.09. The minimum absolute atomic E-state index is 0.0644. The molecule has 1 aromatic heterocycles. The van der Waals surface area contributed by atoms with E-state index in [4.69, 9.17) is 5.73 Å². The molecule has 0 amide bonds. The number of nitrogens with zero attached hydrogens (tertiary/aromatic N) is 1. The fraction of sp³-hybridized carbons (Fsp3) is 0.727. The molecule has 1 aromatic rings. The summed E-state index contributed by atoms with van der Waals surface area (Å²) in [5, 5.41) is 6.59. The third kappa shape index (κ3) is 3.89. The zero-order valence-electron chi connectivity index (χ0n) is 9.84. The van der Waals surface area contributed by atoms with Crippen LogP contribution < -0.4 is 11.1 Å². The average molecular weight is 227 g/mol. The van der Waals surface area contributed by atoms with Crippen LogP contribution in [0.3, 0.4) is 0 Å². The molecule has 3 N–H and O–H groups in total. The fourth-order valence-corrected chi connectivity index (χ4v) is 2.04. The van der Waals surface area contributed by atoms with E-state index in [0.717, 1.165) is 36.6 Å². The second-order valence-electron chi connectivity index (χ2n) is 4.03. The molecule has 0 saturated carbocycles. The van der Waals surface area contributed by atoms with Crippen molar-refractivity contribution in [1.82, 2.24) is 10.3 Å². The number of hydrogen-bond donors (Lipinski definition) is 2. The van der Waals surface area contributed by atoms with Gasteiger partial charge < -0.3 is 11.1 Å². The van der Waals surface area contributed by atoms with Crippen LogP contribution in [0.25, 0.3) is 0 Å². The van der Waals surface area contributed by atoms with E-state index in [1.165, 1.54) is 0 Å². The lowest BCUT2D eigenvalue weighted by Crippen LogP contribution is -2.47. The number of aromatic nitrogens is 1. The van der Waals surface area contributed by atoms with Crippen LogP contribution >= 0.6 is 11.3 Å². The van der Waals surface area contributed by atoms with Gasteiger partial charge in [0, 0.05) is 24.0 Å². The summed E-state index contributed by atoms with van der Waals surface area (Å²) in [6, 6.07) is 0. The summed E-state index contributed by atoms with van der Waals surface area (Å²) in [5.41, 5.74) is 7.24. The normalized spacial score (nSPS) is 12.0. The van der Waals surface area contributed by atoms with E-state index >= 15 is 0 Å². The third-order valence-electron chi connectivity index (χ3n) is 2.86. The quantitative estimate of drug-likeness (QED) is 0.782. The summed E-state index contributed by atoms with van der Waals surface area (Å²) in [4.78, 5) is 4.40. The zero-order chi connectivity index (χ0) is 11.3. The molecule has 86 valence electrons. The monoisotopic (exact) mass is 227 g/mol. The molecule has 0 saturated heterocycles. The molecule has 0 radical (unpaired) electrons. The van der Waals surface area contributed by atoms with Gasteiger partial charge in [-0.15, -0.1) is 11.3 Å². The van der Waals surface area contributed by atoms with Gasteiger partial charge in [-0.05, 0) is 19.8 Å². The van der Waals surface area contributed by atoms with Gasteiger partial charge in [0.05, 0.1) is 10.7 Å². The van der Waals surface area contributed by atoms with E-state index in [1.54, 1.807) is 11.3 Å². The summed E-state index contributed by atoms with van der Waals surface area (Å²) < 4.78 is 0. The Labute approximate surface area is 96.1 Å². The van der Waals surface area contributed by atoms with Crippen LogP contribution in [0.1, 0.15) is 37.4 Å². The average Bonchev–Trinajstić information content (AvgIpc) is 2.64. The highest BCUT2D eigenvalue weighted by molar-refractivity contribution is 7.09. The molecule has 0 spiro atoms. The van der Waals surface area contributed by atoms with Crippen LogP contribution in [-0.4, -0.2) is 17.1 Å². The smallest absolute Gasteiger partial charge is 0.0897 e. The maximum absolute atomic E-state index is 6.19. The van der Waals surface area contributed by atoms with Crippen molar-refractivity contribution in [2.45, 2.75) is 45.7 Å². The molecule has 0 fully saturated rings. The zero-order valence-corrected chi connectivity index (χ0v) is 10.7. The van der Waals surface area contributed by atoms with E-state index in [9.17, 15) is 0 Å². The molecular formula is C11H21N3S. The first kappa shape index (κ1) is 12.6. The van der Waals surface area contributed by atoms with Gasteiger partial charge in [-0.1, -0.05) is 13.8 Å². The third-order valence-corrected chi connectivity index (χ3v) is 3.68. The molecule has 0 aliphatic carbocycles. The number of thiazole rings is 1. The van der Waals surface area contributed by atoms with Gasteiger partial charge in [0.2, 0.25) is 0 Å². The highest BCUT2D eigenvalue weighted by Crippen LogP contribution is 2.11. The van der Waals surface area contributed by atoms with Crippen molar-refractivity contribution in [2.75, 3.05) is 6.54 Å². The highest BCUT2D eigenvalue weighted by atomic mass is 32.1. The Hall–Kier alpha value is -0.450. The Kier molecular flexibility index (Phi) is 4.70. The Morgan fingerprint density at radius 3 is 2.60 bits per heavy atom. The van der Waals surface area contributed by atoms with Gasteiger partial charge in [0.15, 0.2) is 0 Å². The van der Waals surface area contributed by atoms with Crippen molar-refractivity contribution in [3.05, 3.63) is 16.1 Å². The molecule has 1 heterocycles. The van der Waals surface area contributed by atoms with Crippen LogP contribution in [0.5, 0.6) is 0 Å². The van der Waals surface area contributed by atoms with E-state index in [-0.39, 0.29) is 5.54 Å². The van der Waals surface area contributed by atoms with Crippen molar-refractivity contribution < 1.29 is 0 Å². The second kappa shape index (κ2) is 5.58. The molecule has 0 unspecified atom stereocenters. The predicted octanol–water partition coefficient (Wildman–Crippen LogP) is 2.06. The maximum Gasteiger partial charge on any atom is 0.0897 e. The van der Waals surface area contributed by atoms with Gasteiger partial charge in [-0.25, -0.2) is 4.98 Å². The lowest BCUT2D eigenvalue weighted by atomic mass is 9.94. The number of hydrogen-bond acceptors (Lipinski definition) is 4. The Morgan fingerprint density at radius 1 is 1.47 bits per heavy atom. The minimum atomic E-state index is -0.0644. The Bertz CT molecular complexity index is 292. The lowest BCUT2D eigenvalue weighted by molar-refractivity contribution is 0.368. The summed E-state index contributed by atoms with van der Waals surface area (Å²) >= 11 is 1.69. The van der Waals surface area contributed by atoms with Crippen LogP contribution in [-0.2, 0) is 6.54 Å². The van der Waals surface area contributed by atoms with E-state index in [0.29, 0.717) is 0 Å². The van der Waals surface area contributed by atoms with Crippen molar-refractivity contribution >= 4 is 11.3 Å².